The summed E-state index contributed by atoms with van der Waals surface area (Å²) in [5.74, 6) is 10.0. The van der Waals surface area contributed by atoms with Gasteiger partial charge in [-0.1, -0.05) is 204 Å². The summed E-state index contributed by atoms with van der Waals surface area (Å²) < 4.78 is 0. The second-order valence-corrected chi connectivity index (χ2v) is 39.0. The second kappa shape index (κ2) is 37.1. The van der Waals surface area contributed by atoms with E-state index < -0.39 is 0 Å². The van der Waals surface area contributed by atoms with Crippen LogP contribution in [0.5, 0.6) is 0 Å². The molecule has 6 aliphatic heterocycles. The molecule has 9 heterocycles. The molecule has 0 fully saturated rings. The number of hydrogen-bond donors (Lipinski definition) is 0. The van der Waals surface area contributed by atoms with Crippen molar-refractivity contribution in [3.05, 3.63) is 186 Å². The number of aromatic nitrogens is 8. The van der Waals surface area contributed by atoms with Gasteiger partial charge in [-0.05, 0) is 213 Å². The van der Waals surface area contributed by atoms with Gasteiger partial charge in [-0.3, -0.25) is 0 Å². The number of unbranched alkanes of at least 4 members (excludes halogenated alkanes) is 8. The Balaban J connectivity index is 0.00000964. The van der Waals surface area contributed by atoms with Gasteiger partial charge in [0, 0.05) is 130 Å². The van der Waals surface area contributed by atoms with Crippen LogP contribution in [-0.2, 0) is 114 Å². The average Bonchev–Trinajstić information content (AvgIpc) is 1.58. The van der Waals surface area contributed by atoms with Crippen molar-refractivity contribution in [1.82, 2.24) is 39.9 Å². The molecule has 0 saturated carbocycles. The van der Waals surface area contributed by atoms with Crippen LogP contribution in [0, 0.1) is 0 Å². The fraction of sp³-hybridized carbons (Fsp3) is 0.417. The smallest absolute Gasteiger partial charge is 0.357 e. The molecule has 0 amide bonds. The second-order valence-electron chi connectivity index (χ2n) is 31.2. The molecule has 17 heteroatoms. The Labute approximate surface area is 714 Å². The molecule has 3 aromatic heterocycles. The van der Waals surface area contributed by atoms with E-state index in [2.05, 4.69) is 152 Å². The first-order valence-electron chi connectivity index (χ1n) is 42.1. The van der Waals surface area contributed by atoms with E-state index in [4.69, 9.17) is 39.9 Å². The van der Waals surface area contributed by atoms with Gasteiger partial charge >= 0.3 is 16.5 Å². The van der Waals surface area contributed by atoms with E-state index in [0.29, 0.717) is 45.9 Å². The van der Waals surface area contributed by atoms with E-state index in [1.54, 1.807) is 0 Å². The zero-order valence-corrected chi connectivity index (χ0v) is 74.5. The molecular weight excluding hydrogens is 1580 g/mol. The van der Waals surface area contributed by atoms with Crippen molar-refractivity contribution in [1.29, 1.82) is 0 Å². The summed E-state index contributed by atoms with van der Waals surface area (Å²) in [6.07, 6.45) is 23.9. The predicted octanol–water partition coefficient (Wildman–Crippen LogP) is 28.5. The molecule has 0 aliphatic carbocycles. The van der Waals surface area contributed by atoms with Crippen LogP contribution in [0.2, 0.25) is 0 Å². The number of fused-ring (bicyclic) bond motifs is 28. The van der Waals surface area contributed by atoms with Crippen LogP contribution in [0.4, 0.5) is 0 Å². The maximum Gasteiger partial charge on any atom is 2.00 e. The Bertz CT molecular complexity index is 4940. The van der Waals surface area contributed by atoms with Crippen LogP contribution in [0.15, 0.2) is 136 Å². The monoisotopic (exact) mass is 1680 g/mol. The molecule has 8 bridgehead atoms. The Morgan fingerprint density at radius 3 is 0.558 bits per heavy atom. The van der Waals surface area contributed by atoms with Crippen molar-refractivity contribution in [3.63, 3.8) is 0 Å². The molecule has 0 unspecified atom stereocenters. The van der Waals surface area contributed by atoms with Crippen molar-refractivity contribution in [2.45, 2.75) is 295 Å². The first-order valence-corrected chi connectivity index (χ1v) is 50.0. The molecule has 8 aromatic carbocycles. The number of rotatable bonds is 24. The predicted molar refractivity (Wildman–Crippen MR) is 485 cm³/mol. The van der Waals surface area contributed by atoms with Crippen LogP contribution in [-0.4, -0.2) is 29.9 Å². The van der Waals surface area contributed by atoms with Crippen molar-refractivity contribution in [2.24, 2.45) is 0 Å². The zero-order chi connectivity index (χ0) is 76.3. The maximum absolute atomic E-state index is 6.34. The normalized spacial score (nSPS) is 14.2. The molecule has 0 radical (unpaired) electrons. The molecule has 8 nitrogen and oxygen atoms in total. The molecule has 0 saturated heterocycles. The molecule has 113 heavy (non-hydrogen) atoms. The van der Waals surface area contributed by atoms with Gasteiger partial charge in [0.2, 0.25) is 0 Å². The summed E-state index contributed by atoms with van der Waals surface area (Å²) in [6, 6.07) is 36.8. The molecular formula is C96H104N8NiS8. The average molecular weight is 1690 g/mol. The first-order chi connectivity index (χ1) is 55.3. The first kappa shape index (κ1) is 81.2. The zero-order valence-electron chi connectivity index (χ0n) is 67.0. The molecule has 17 rings (SSSR count). The van der Waals surface area contributed by atoms with Crippen LogP contribution < -0.4 is 9.97 Å². The van der Waals surface area contributed by atoms with Gasteiger partial charge in [-0.15, -0.1) is 94.1 Å². The molecule has 0 spiro atoms. The summed E-state index contributed by atoms with van der Waals surface area (Å²) in [5.41, 5.74) is 29.6. The topological polar surface area (TPSA) is 106 Å². The molecule has 11 aromatic rings. The molecule has 6 aliphatic rings. The van der Waals surface area contributed by atoms with E-state index >= 15 is 0 Å². The van der Waals surface area contributed by atoms with Gasteiger partial charge < -0.3 is 29.9 Å². The van der Waals surface area contributed by atoms with Gasteiger partial charge in [-0.2, -0.15) is 0 Å². The third-order valence-electron chi connectivity index (χ3n) is 23.6. The fourth-order valence-corrected chi connectivity index (χ4v) is 28.7. The quantitative estimate of drug-likeness (QED) is 0.0535. The van der Waals surface area contributed by atoms with Crippen LogP contribution in [0.25, 0.3) is 89.7 Å². The molecule has 586 valence electrons. The van der Waals surface area contributed by atoms with Gasteiger partial charge in [-0.25, -0.2) is 9.97 Å². The largest absolute Gasteiger partial charge is 2.00 e. The van der Waals surface area contributed by atoms with E-state index in [0.717, 1.165) is 244 Å². The van der Waals surface area contributed by atoms with Gasteiger partial charge in [0.05, 0.1) is 23.3 Å². The summed E-state index contributed by atoms with van der Waals surface area (Å²) in [4.78, 5) is 61.3. The van der Waals surface area contributed by atoms with Crippen LogP contribution in [0.3, 0.4) is 0 Å². The summed E-state index contributed by atoms with van der Waals surface area (Å²) in [6.45, 7) is 18.8. The Morgan fingerprint density at radius 1 is 0.230 bits per heavy atom. The van der Waals surface area contributed by atoms with Crippen LogP contribution >= 0.6 is 94.1 Å². The standard InChI is InChI=1S/C96H104N8S8.Ni/c1-9-17-41-65-73-74(66(42-18-10-2)82-81(65)105-49-57-33-25-26-34-58(57)50-106-82)90-97-89(73)101-91-75-67(43-19-11-3)83-84(108-52-60-36-28-27-35-59(60)51-107-83)68(44-20-12-4)76(75)93(98-91)103-95-79-71(47-23-15-7)87-88(112-56-64-40-32-31-39-63(64)55-111-87)72(48-24-16-8)80(79)96(100-95)104-94-78-70(46-22-14-6)86-85(69(45-21-13-5)77(78)92(99-94)102-90)109-53-61-37-29-30-38-62(61)54-110-86;/h25-40H,9-24,41-56H2,1-8H3;/q-2;+2. The summed E-state index contributed by atoms with van der Waals surface area (Å²) in [7, 11) is 0. The van der Waals surface area contributed by atoms with Crippen molar-refractivity contribution < 1.29 is 16.5 Å². The third kappa shape index (κ3) is 15.9. The molecule has 0 N–H and O–H groups in total. The minimum absolute atomic E-state index is 0. The Kier molecular flexibility index (Phi) is 26.7. The van der Waals surface area contributed by atoms with E-state index in [1.807, 2.05) is 94.1 Å². The van der Waals surface area contributed by atoms with Crippen LogP contribution in [0.1, 0.15) is 247 Å². The van der Waals surface area contributed by atoms with Crippen molar-refractivity contribution in [3.8, 4) is 45.6 Å². The third-order valence-corrected chi connectivity index (χ3v) is 33.7. The van der Waals surface area contributed by atoms with Gasteiger partial charge in [0.1, 0.15) is 0 Å². The van der Waals surface area contributed by atoms with Gasteiger partial charge in [0.15, 0.2) is 0 Å². The maximum atomic E-state index is 6.34. The van der Waals surface area contributed by atoms with E-state index in [9.17, 15) is 0 Å². The Morgan fingerprint density at radius 2 is 0.389 bits per heavy atom. The van der Waals surface area contributed by atoms with E-state index in [1.165, 1.54) is 128 Å². The molecule has 0 atom stereocenters. The number of aryl methyl sites for hydroxylation is 4. The van der Waals surface area contributed by atoms with Crippen molar-refractivity contribution >= 4 is 138 Å². The number of hydrogen-bond acceptors (Lipinski definition) is 14. The number of thioether (sulfide) groups is 8. The minimum Gasteiger partial charge on any atom is -0.357 e. The summed E-state index contributed by atoms with van der Waals surface area (Å²) >= 11 is 16.3. The van der Waals surface area contributed by atoms with Gasteiger partial charge in [0.25, 0.3) is 0 Å². The Hall–Kier alpha value is -5.59. The van der Waals surface area contributed by atoms with Crippen molar-refractivity contribution in [2.75, 3.05) is 0 Å². The minimum atomic E-state index is 0. The number of nitrogens with zero attached hydrogens (tertiary/aromatic N) is 8. The van der Waals surface area contributed by atoms with E-state index in [-0.39, 0.29) is 16.5 Å². The summed E-state index contributed by atoms with van der Waals surface area (Å²) in [5, 5.41) is 4.56. The fourth-order valence-electron chi connectivity index (χ4n) is 17.6. The SMILES string of the molecule is CCCCc1c2c(c(CCCC)c3c1-c1nc-3nc3[n-]c(nc4nc(nc5[n-]c(n1)c1c(CCCC)c6c(c(CCCC)c51)SCc1ccccc1CS6)-c1c(CCCC)c5c(c(CCCC)c1-4)SCc1ccccc1CS5)c1c(CCCC)c4c(c(CCCC)c31)SCc1ccccc1CS4)SCc1ccccc1CS2.[Ni+2]. The number of benzene rings is 8.